The number of carbonyl (C=O) groups excluding carboxylic acids is 2. The second-order valence-electron chi connectivity index (χ2n) is 8.21. The van der Waals surface area contributed by atoms with Crippen LogP contribution in [0.1, 0.15) is 35.1 Å². The average Bonchev–Trinajstić information content (AvgIpc) is 3.28. The summed E-state index contributed by atoms with van der Waals surface area (Å²) in [5.41, 5.74) is 3.81. The number of benzene rings is 3. The SMILES string of the molecule is N#Cc1ccc(CN(Cc2cccc(F)c2)C(=O)/C=C/c2ccc(N3CCCC3=O)cc2)cc1. The third-order valence-electron chi connectivity index (χ3n) is 5.73. The standard InChI is InChI=1S/C28H24FN3O2/c29-25-4-1-3-24(17-25)20-31(19-23-8-6-22(18-30)7-9-23)27(33)15-12-21-10-13-26(14-11-21)32-16-2-5-28(32)34/h1,3-4,6-15,17H,2,5,16,19-20H2/b15-12+. The van der Waals surface area contributed by atoms with Gasteiger partial charge in [-0.05, 0) is 65.6 Å². The van der Waals surface area contributed by atoms with Crippen LogP contribution in [0.15, 0.2) is 78.9 Å². The number of rotatable bonds is 7. The molecule has 2 amide bonds. The molecular weight excluding hydrogens is 429 g/mol. The normalized spacial score (nSPS) is 13.3. The molecule has 4 rings (SSSR count). The molecule has 0 aliphatic carbocycles. The molecule has 3 aromatic carbocycles. The summed E-state index contributed by atoms with van der Waals surface area (Å²) in [5.74, 6) is -0.433. The topological polar surface area (TPSA) is 64.4 Å². The van der Waals surface area contributed by atoms with Gasteiger partial charge in [0.1, 0.15) is 5.82 Å². The van der Waals surface area contributed by atoms with Crippen LogP contribution in [0.3, 0.4) is 0 Å². The molecule has 0 N–H and O–H groups in total. The Morgan fingerprint density at radius 3 is 2.41 bits per heavy atom. The van der Waals surface area contributed by atoms with Crippen LogP contribution in [-0.4, -0.2) is 23.3 Å². The molecule has 0 saturated carbocycles. The van der Waals surface area contributed by atoms with Crippen LogP contribution in [0.25, 0.3) is 6.08 Å². The Morgan fingerprint density at radius 2 is 1.76 bits per heavy atom. The van der Waals surface area contributed by atoms with Crippen LogP contribution in [0.4, 0.5) is 10.1 Å². The fourth-order valence-corrected chi connectivity index (χ4v) is 3.93. The number of hydrogen-bond acceptors (Lipinski definition) is 3. The summed E-state index contributed by atoms with van der Waals surface area (Å²) in [6.07, 6.45) is 4.68. The molecule has 0 radical (unpaired) electrons. The molecule has 0 bridgehead atoms. The Labute approximate surface area is 198 Å². The van der Waals surface area contributed by atoms with Crippen molar-refractivity contribution in [1.82, 2.24) is 4.90 Å². The molecule has 0 unspecified atom stereocenters. The van der Waals surface area contributed by atoms with Crippen LogP contribution in [0.5, 0.6) is 0 Å². The summed E-state index contributed by atoms with van der Waals surface area (Å²) in [4.78, 5) is 28.4. The van der Waals surface area contributed by atoms with Crippen LogP contribution in [0.2, 0.25) is 0 Å². The lowest BCUT2D eigenvalue weighted by Gasteiger charge is -2.22. The predicted molar refractivity (Wildman–Crippen MR) is 129 cm³/mol. The van der Waals surface area contributed by atoms with E-state index >= 15 is 0 Å². The minimum Gasteiger partial charge on any atom is -0.331 e. The first-order chi connectivity index (χ1) is 16.5. The molecule has 3 aromatic rings. The van der Waals surface area contributed by atoms with Gasteiger partial charge in [0.15, 0.2) is 0 Å². The molecule has 0 aromatic heterocycles. The van der Waals surface area contributed by atoms with Crippen molar-refractivity contribution in [2.45, 2.75) is 25.9 Å². The van der Waals surface area contributed by atoms with Gasteiger partial charge in [-0.1, -0.05) is 36.4 Å². The van der Waals surface area contributed by atoms with Gasteiger partial charge in [0, 0.05) is 37.8 Å². The van der Waals surface area contributed by atoms with Gasteiger partial charge in [-0.25, -0.2) is 4.39 Å². The Morgan fingerprint density at radius 1 is 1.03 bits per heavy atom. The van der Waals surface area contributed by atoms with Gasteiger partial charge in [0.05, 0.1) is 11.6 Å². The van der Waals surface area contributed by atoms with Gasteiger partial charge in [0.25, 0.3) is 0 Å². The molecular formula is C28H24FN3O2. The van der Waals surface area contributed by atoms with Crippen LogP contribution in [-0.2, 0) is 22.7 Å². The zero-order chi connectivity index (χ0) is 23.9. The third kappa shape index (κ3) is 5.76. The van der Waals surface area contributed by atoms with Crippen LogP contribution >= 0.6 is 0 Å². The van der Waals surface area contributed by atoms with E-state index in [9.17, 15) is 14.0 Å². The van der Waals surface area contributed by atoms with Gasteiger partial charge in [-0.2, -0.15) is 5.26 Å². The minimum absolute atomic E-state index is 0.134. The molecule has 5 nitrogen and oxygen atoms in total. The number of anilines is 1. The van der Waals surface area contributed by atoms with Crippen molar-refractivity contribution in [2.24, 2.45) is 0 Å². The molecule has 170 valence electrons. The maximum Gasteiger partial charge on any atom is 0.247 e. The van der Waals surface area contributed by atoms with Gasteiger partial charge < -0.3 is 9.80 Å². The van der Waals surface area contributed by atoms with Crippen LogP contribution < -0.4 is 4.90 Å². The highest BCUT2D eigenvalue weighted by Crippen LogP contribution is 2.22. The number of nitrogens with zero attached hydrogens (tertiary/aromatic N) is 3. The van der Waals surface area contributed by atoms with Crippen molar-refractivity contribution in [2.75, 3.05) is 11.4 Å². The highest BCUT2D eigenvalue weighted by molar-refractivity contribution is 5.95. The lowest BCUT2D eigenvalue weighted by molar-refractivity contribution is -0.127. The summed E-state index contributed by atoms with van der Waals surface area (Å²) in [6, 6.07) is 22.8. The molecule has 1 heterocycles. The zero-order valence-electron chi connectivity index (χ0n) is 18.7. The summed E-state index contributed by atoms with van der Waals surface area (Å²) in [5, 5.41) is 9.01. The Bertz CT molecular complexity index is 1240. The minimum atomic E-state index is -0.351. The number of nitriles is 1. The van der Waals surface area contributed by atoms with Gasteiger partial charge in [-0.3, -0.25) is 9.59 Å². The molecule has 34 heavy (non-hydrogen) atoms. The second kappa shape index (κ2) is 10.6. The summed E-state index contributed by atoms with van der Waals surface area (Å²) < 4.78 is 13.7. The molecule has 6 heteroatoms. The molecule has 0 atom stereocenters. The molecule has 1 fully saturated rings. The number of carbonyl (C=O) groups is 2. The van der Waals surface area contributed by atoms with Crippen LogP contribution in [0, 0.1) is 17.1 Å². The van der Waals surface area contributed by atoms with E-state index in [-0.39, 0.29) is 24.2 Å². The Hall–Kier alpha value is -4.24. The van der Waals surface area contributed by atoms with E-state index in [1.54, 1.807) is 40.1 Å². The van der Waals surface area contributed by atoms with Crippen molar-refractivity contribution >= 4 is 23.6 Å². The molecule has 1 aliphatic heterocycles. The van der Waals surface area contributed by atoms with E-state index in [4.69, 9.17) is 5.26 Å². The lowest BCUT2D eigenvalue weighted by atomic mass is 10.1. The number of hydrogen-bond donors (Lipinski definition) is 0. The van der Waals surface area contributed by atoms with E-state index in [0.717, 1.165) is 29.8 Å². The smallest absolute Gasteiger partial charge is 0.247 e. The van der Waals surface area contributed by atoms with E-state index in [1.165, 1.54) is 18.2 Å². The maximum absolute atomic E-state index is 13.7. The van der Waals surface area contributed by atoms with E-state index < -0.39 is 0 Å². The first-order valence-corrected chi connectivity index (χ1v) is 11.1. The van der Waals surface area contributed by atoms with Crippen molar-refractivity contribution in [3.8, 4) is 6.07 Å². The van der Waals surface area contributed by atoms with E-state index in [1.807, 2.05) is 36.4 Å². The zero-order valence-corrected chi connectivity index (χ0v) is 18.7. The van der Waals surface area contributed by atoms with Crippen molar-refractivity contribution < 1.29 is 14.0 Å². The summed E-state index contributed by atoms with van der Waals surface area (Å²) in [6.45, 7) is 1.30. The fourth-order valence-electron chi connectivity index (χ4n) is 3.93. The van der Waals surface area contributed by atoms with Crippen molar-refractivity contribution in [3.63, 3.8) is 0 Å². The highest BCUT2D eigenvalue weighted by atomic mass is 19.1. The third-order valence-corrected chi connectivity index (χ3v) is 5.73. The fraction of sp³-hybridized carbons (Fsp3) is 0.179. The average molecular weight is 454 g/mol. The first kappa shape index (κ1) is 22.9. The first-order valence-electron chi connectivity index (χ1n) is 11.1. The summed E-state index contributed by atoms with van der Waals surface area (Å²) in [7, 11) is 0. The summed E-state index contributed by atoms with van der Waals surface area (Å²) >= 11 is 0. The number of halogens is 1. The Kier molecular flexibility index (Phi) is 7.14. The number of amides is 2. The van der Waals surface area contributed by atoms with Crippen molar-refractivity contribution in [3.05, 3.63) is 107 Å². The molecule has 1 saturated heterocycles. The van der Waals surface area contributed by atoms with E-state index in [2.05, 4.69) is 6.07 Å². The Balaban J connectivity index is 1.49. The van der Waals surface area contributed by atoms with Crippen molar-refractivity contribution in [1.29, 1.82) is 5.26 Å². The van der Waals surface area contributed by atoms with Gasteiger partial charge >= 0.3 is 0 Å². The lowest BCUT2D eigenvalue weighted by Crippen LogP contribution is -2.28. The highest BCUT2D eigenvalue weighted by Gasteiger charge is 2.21. The largest absolute Gasteiger partial charge is 0.331 e. The van der Waals surface area contributed by atoms with Gasteiger partial charge in [0.2, 0.25) is 11.8 Å². The second-order valence-corrected chi connectivity index (χ2v) is 8.21. The molecule has 1 aliphatic rings. The van der Waals surface area contributed by atoms with Gasteiger partial charge in [-0.15, -0.1) is 0 Å². The molecule has 0 spiro atoms. The monoisotopic (exact) mass is 453 g/mol. The van der Waals surface area contributed by atoms with E-state index in [0.29, 0.717) is 24.1 Å². The maximum atomic E-state index is 13.7. The quantitative estimate of drug-likeness (QED) is 0.470. The predicted octanol–water partition coefficient (Wildman–Crippen LogP) is 5.07.